The van der Waals surface area contributed by atoms with Crippen molar-refractivity contribution in [2.45, 2.75) is 64.6 Å². The summed E-state index contributed by atoms with van der Waals surface area (Å²) in [4.78, 5) is 39.1. The molecule has 2 spiro atoms. The summed E-state index contributed by atoms with van der Waals surface area (Å²) < 4.78 is 23.5. The summed E-state index contributed by atoms with van der Waals surface area (Å²) in [5, 5.41) is 11.3. The molecule has 170 valence electrons. The third-order valence-corrected chi connectivity index (χ3v) is 8.86. The fourth-order valence-electron chi connectivity index (χ4n) is 7.79. The van der Waals surface area contributed by atoms with Crippen LogP contribution in [0.5, 0.6) is 0 Å². The van der Waals surface area contributed by atoms with Gasteiger partial charge in [-0.2, -0.15) is 0 Å². The average molecular weight is 434 g/mol. The molecule has 8 heteroatoms. The van der Waals surface area contributed by atoms with E-state index in [9.17, 15) is 19.5 Å². The minimum Gasteiger partial charge on any atom is -0.461 e. The number of esters is 2. The first-order valence-electron chi connectivity index (χ1n) is 11.0. The number of fused-ring (bicyclic) bond motifs is 1. The summed E-state index contributed by atoms with van der Waals surface area (Å²) in [7, 11) is 1.58. The molecule has 3 saturated carbocycles. The molecule has 5 fully saturated rings. The van der Waals surface area contributed by atoms with Crippen molar-refractivity contribution in [3.05, 3.63) is 12.2 Å². The Morgan fingerprint density at radius 3 is 2.61 bits per heavy atom. The number of carbonyl (C=O) groups is 3. The molecule has 31 heavy (non-hydrogen) atoms. The van der Waals surface area contributed by atoms with Gasteiger partial charge in [-0.3, -0.25) is 14.4 Å². The number of aliphatic hydroxyl groups is 1. The van der Waals surface area contributed by atoms with Gasteiger partial charge in [-0.15, -0.1) is 0 Å². The van der Waals surface area contributed by atoms with Crippen LogP contribution in [0, 0.1) is 34.0 Å². The molecule has 2 heterocycles. The number of ketones is 1. The molecular formula is C23H30O8. The second-order valence-electron chi connectivity index (χ2n) is 10.6. The van der Waals surface area contributed by atoms with E-state index in [0.717, 1.165) is 6.42 Å². The van der Waals surface area contributed by atoms with Crippen LogP contribution < -0.4 is 0 Å². The highest BCUT2D eigenvalue weighted by atomic mass is 16.7. The lowest BCUT2D eigenvalue weighted by Crippen LogP contribution is -2.72. The van der Waals surface area contributed by atoms with Crippen molar-refractivity contribution < 1.29 is 38.4 Å². The lowest BCUT2D eigenvalue weighted by Gasteiger charge is -2.63. The van der Waals surface area contributed by atoms with Gasteiger partial charge in [0.15, 0.2) is 12.1 Å². The van der Waals surface area contributed by atoms with Crippen molar-refractivity contribution >= 4 is 17.7 Å². The van der Waals surface area contributed by atoms with E-state index in [0.29, 0.717) is 6.42 Å². The van der Waals surface area contributed by atoms with Gasteiger partial charge in [0.1, 0.15) is 17.6 Å². The highest BCUT2D eigenvalue weighted by molar-refractivity contribution is 6.15. The lowest BCUT2D eigenvalue weighted by molar-refractivity contribution is -0.266. The zero-order valence-electron chi connectivity index (χ0n) is 18.4. The highest BCUT2D eigenvalue weighted by Crippen LogP contribution is 2.71. The summed E-state index contributed by atoms with van der Waals surface area (Å²) in [6, 6.07) is 0. The maximum absolute atomic E-state index is 13.6. The van der Waals surface area contributed by atoms with Crippen LogP contribution in [-0.2, 0) is 33.3 Å². The minimum atomic E-state index is -1.53. The number of hydrogen-bond acceptors (Lipinski definition) is 8. The van der Waals surface area contributed by atoms with E-state index in [1.54, 1.807) is 7.11 Å². The Bertz CT molecular complexity index is 879. The highest BCUT2D eigenvalue weighted by Gasteiger charge is 2.81. The summed E-state index contributed by atoms with van der Waals surface area (Å²) in [5.74, 6) is -3.22. The maximum Gasteiger partial charge on any atom is 0.320 e. The first-order valence-corrected chi connectivity index (χ1v) is 11.0. The number of rotatable bonds is 2. The van der Waals surface area contributed by atoms with Crippen LogP contribution in [0.2, 0.25) is 0 Å². The summed E-state index contributed by atoms with van der Waals surface area (Å²) in [5.41, 5.74) is -2.41. The average Bonchev–Trinajstić information content (AvgIpc) is 3.20. The first-order chi connectivity index (χ1) is 14.5. The van der Waals surface area contributed by atoms with Gasteiger partial charge in [-0.25, -0.2) is 0 Å². The molecule has 3 aliphatic carbocycles. The summed E-state index contributed by atoms with van der Waals surface area (Å²) in [6.45, 7) is 9.61. The van der Waals surface area contributed by atoms with E-state index in [2.05, 4.69) is 20.4 Å². The molecule has 0 unspecified atom stereocenters. The van der Waals surface area contributed by atoms with Gasteiger partial charge in [-0.05, 0) is 30.3 Å². The van der Waals surface area contributed by atoms with E-state index in [-0.39, 0.29) is 29.9 Å². The minimum absolute atomic E-state index is 0.117. The van der Waals surface area contributed by atoms with E-state index in [1.807, 2.05) is 0 Å². The van der Waals surface area contributed by atoms with Gasteiger partial charge < -0.3 is 24.1 Å². The molecule has 5 aliphatic rings. The van der Waals surface area contributed by atoms with Crippen molar-refractivity contribution in [2.75, 3.05) is 13.7 Å². The van der Waals surface area contributed by atoms with Gasteiger partial charge in [0.25, 0.3) is 0 Å². The SMILES string of the molecule is C=C1C(=O)[C@]23C[C@H]1[C@@H](O)[C@@H](OC(C)=O)[C@@H]2[C@@]12CO[C@@H](OC)[C@@H]1C(C)(C)CC[C@@H]2OC3=O. The molecule has 8 nitrogen and oxygen atoms in total. The molecule has 0 amide bonds. The van der Waals surface area contributed by atoms with Gasteiger partial charge in [0.05, 0.1) is 12.7 Å². The predicted molar refractivity (Wildman–Crippen MR) is 105 cm³/mol. The molecule has 5 rings (SSSR count). The fraction of sp³-hybridized carbons (Fsp3) is 0.783. The maximum atomic E-state index is 13.6. The Balaban J connectivity index is 1.77. The van der Waals surface area contributed by atoms with Crippen molar-refractivity contribution in [3.63, 3.8) is 0 Å². The zero-order chi connectivity index (χ0) is 22.5. The number of methoxy groups -OCH3 is 1. The van der Waals surface area contributed by atoms with Crippen LogP contribution >= 0.6 is 0 Å². The Morgan fingerprint density at radius 2 is 1.97 bits per heavy atom. The molecule has 2 aliphatic heterocycles. The standard InChI is InChI=1S/C23H30O8/c1-10-12-8-22(18(10)26)16(15(14(12)25)30-11(2)24)23-9-29-19(28-5)17(23)21(3,4)7-6-13(23)31-20(22)27/h12-17,19,25H,1,6-9H2,2-5H3/t12-,13+,14-,15-,16+,17-,19-,22+,23+/m1/s1. The molecule has 1 N–H and O–H groups in total. The monoisotopic (exact) mass is 434 g/mol. The summed E-state index contributed by atoms with van der Waals surface area (Å²) >= 11 is 0. The van der Waals surface area contributed by atoms with Crippen molar-refractivity contribution in [1.82, 2.24) is 0 Å². The quantitative estimate of drug-likeness (QED) is 0.395. The molecule has 0 radical (unpaired) electrons. The summed E-state index contributed by atoms with van der Waals surface area (Å²) in [6.07, 6.45) is -1.74. The van der Waals surface area contributed by atoms with Crippen LogP contribution in [-0.4, -0.2) is 61.1 Å². The smallest absolute Gasteiger partial charge is 0.320 e. The first kappa shape index (κ1) is 21.1. The van der Waals surface area contributed by atoms with E-state index in [1.165, 1.54) is 6.92 Å². The molecule has 0 aromatic rings. The molecular weight excluding hydrogens is 404 g/mol. The van der Waals surface area contributed by atoms with Gasteiger partial charge in [0.2, 0.25) is 0 Å². The van der Waals surface area contributed by atoms with E-state index in [4.69, 9.17) is 18.9 Å². The second-order valence-corrected chi connectivity index (χ2v) is 10.6. The Hall–Kier alpha value is -1.77. The molecule has 2 saturated heterocycles. The normalized spacial score (nSPS) is 49.7. The predicted octanol–water partition coefficient (Wildman–Crippen LogP) is 1.39. The third-order valence-electron chi connectivity index (χ3n) is 8.86. The lowest BCUT2D eigenvalue weighted by atomic mass is 9.43. The number of Topliss-reactive ketones (excluding diaryl/α,β-unsaturated/α-hetero) is 1. The van der Waals surface area contributed by atoms with Gasteiger partial charge in [0, 0.05) is 37.2 Å². The van der Waals surface area contributed by atoms with Crippen LogP contribution in [0.1, 0.15) is 40.0 Å². The topological polar surface area (TPSA) is 108 Å². The van der Waals surface area contributed by atoms with Crippen LogP contribution in [0.4, 0.5) is 0 Å². The van der Waals surface area contributed by atoms with E-state index >= 15 is 0 Å². The number of carbonyl (C=O) groups excluding carboxylic acids is 3. The number of aliphatic hydroxyl groups excluding tert-OH is 1. The Morgan fingerprint density at radius 1 is 1.26 bits per heavy atom. The number of ether oxygens (including phenoxy) is 4. The largest absolute Gasteiger partial charge is 0.461 e. The van der Waals surface area contributed by atoms with Crippen molar-refractivity contribution in [1.29, 1.82) is 0 Å². The second kappa shape index (κ2) is 6.39. The van der Waals surface area contributed by atoms with Crippen molar-refractivity contribution in [3.8, 4) is 0 Å². The van der Waals surface area contributed by atoms with E-state index < -0.39 is 65.0 Å². The van der Waals surface area contributed by atoms with Crippen LogP contribution in [0.15, 0.2) is 12.2 Å². The Kier molecular flexibility index (Phi) is 4.35. The van der Waals surface area contributed by atoms with Gasteiger partial charge >= 0.3 is 11.9 Å². The zero-order valence-corrected chi connectivity index (χ0v) is 18.4. The van der Waals surface area contributed by atoms with Crippen LogP contribution in [0.3, 0.4) is 0 Å². The molecule has 9 atom stereocenters. The molecule has 0 aromatic carbocycles. The van der Waals surface area contributed by atoms with Crippen LogP contribution in [0.25, 0.3) is 0 Å². The Labute approximate surface area is 181 Å². The molecule has 2 bridgehead atoms. The van der Waals surface area contributed by atoms with Crippen molar-refractivity contribution in [2.24, 2.45) is 34.0 Å². The fourth-order valence-corrected chi connectivity index (χ4v) is 7.79. The number of hydrogen-bond donors (Lipinski definition) is 1. The third kappa shape index (κ3) is 2.33. The molecule has 0 aromatic heterocycles. The van der Waals surface area contributed by atoms with Gasteiger partial charge in [-0.1, -0.05) is 20.4 Å².